The van der Waals surface area contributed by atoms with Gasteiger partial charge in [-0.05, 0) is 36.6 Å². The van der Waals surface area contributed by atoms with Gasteiger partial charge in [0.1, 0.15) is 5.75 Å². The summed E-state index contributed by atoms with van der Waals surface area (Å²) in [6.45, 7) is 0. The minimum absolute atomic E-state index is 0.0564. The Bertz CT molecular complexity index is 931. The van der Waals surface area contributed by atoms with Crippen LogP contribution in [0, 0.1) is 16.0 Å². The topological polar surface area (TPSA) is 64.4 Å². The number of nitro benzene ring substituents is 1. The molecule has 0 aromatic heterocycles. The molecule has 1 heterocycles. The molecule has 1 aliphatic heterocycles. The van der Waals surface area contributed by atoms with Gasteiger partial charge in [-0.1, -0.05) is 39.7 Å². The summed E-state index contributed by atoms with van der Waals surface area (Å²) in [5, 5.41) is 15.5. The number of fused-ring (bicyclic) bond motifs is 3. The van der Waals surface area contributed by atoms with E-state index in [1.54, 1.807) is 13.2 Å². The van der Waals surface area contributed by atoms with Gasteiger partial charge in [0.2, 0.25) is 0 Å². The Hall–Kier alpha value is -2.05. The highest BCUT2D eigenvalue weighted by Crippen LogP contribution is 2.55. The summed E-state index contributed by atoms with van der Waals surface area (Å²) in [4.78, 5) is 11.2. The Kier molecular flexibility index (Phi) is 4.40. The zero-order chi connectivity index (χ0) is 18.4. The molecule has 0 unspecified atom stereocenters. The summed E-state index contributed by atoms with van der Waals surface area (Å²) in [6, 6.07) is 8.90. The lowest BCUT2D eigenvalue weighted by molar-refractivity contribution is -0.385. The summed E-state index contributed by atoms with van der Waals surface area (Å²) in [6.07, 6.45) is 4.99. The van der Waals surface area contributed by atoms with Gasteiger partial charge in [0, 0.05) is 22.0 Å². The molecule has 2 aliphatic rings. The standard InChI is InChI=1S/C19H16BrClN2O3/c1-26-16-8-5-10(20)9-13(16)18-12-4-2-3-11(12)17-15(23(24)25)7-6-14(21)19(17)22-18/h2-3,5-9,11-12,18,22H,4H2,1H3/t11-,12+,18+/m0/s1. The number of benzene rings is 2. The zero-order valence-corrected chi connectivity index (χ0v) is 16.3. The lowest BCUT2D eigenvalue weighted by atomic mass is 9.76. The van der Waals surface area contributed by atoms with Crippen LogP contribution in [0.15, 0.2) is 47.0 Å². The van der Waals surface area contributed by atoms with E-state index in [1.165, 1.54) is 6.07 Å². The van der Waals surface area contributed by atoms with Crippen molar-refractivity contribution in [3.63, 3.8) is 0 Å². The molecule has 5 nitrogen and oxygen atoms in total. The molecule has 0 radical (unpaired) electrons. The fourth-order valence-electron chi connectivity index (χ4n) is 4.07. The fourth-order valence-corrected chi connectivity index (χ4v) is 4.67. The van der Waals surface area contributed by atoms with Crippen molar-refractivity contribution in [2.24, 2.45) is 5.92 Å². The quantitative estimate of drug-likeness (QED) is 0.373. The maximum Gasteiger partial charge on any atom is 0.275 e. The second-order valence-corrected chi connectivity index (χ2v) is 7.80. The van der Waals surface area contributed by atoms with E-state index in [4.69, 9.17) is 16.3 Å². The first-order chi connectivity index (χ1) is 12.5. The van der Waals surface area contributed by atoms with E-state index in [0.717, 1.165) is 22.2 Å². The van der Waals surface area contributed by atoms with Crippen LogP contribution >= 0.6 is 27.5 Å². The Labute approximate surface area is 164 Å². The summed E-state index contributed by atoms with van der Waals surface area (Å²) in [5.74, 6) is 0.878. The maximum atomic E-state index is 11.6. The number of nitrogens with zero attached hydrogens (tertiary/aromatic N) is 1. The third-order valence-electron chi connectivity index (χ3n) is 5.17. The number of halogens is 2. The van der Waals surface area contributed by atoms with Crippen molar-refractivity contribution in [2.75, 3.05) is 12.4 Å². The van der Waals surface area contributed by atoms with Crippen LogP contribution in [0.5, 0.6) is 5.75 Å². The minimum atomic E-state index is -0.333. The molecule has 0 saturated heterocycles. The van der Waals surface area contributed by atoms with Crippen molar-refractivity contribution in [3.05, 3.63) is 73.2 Å². The van der Waals surface area contributed by atoms with Gasteiger partial charge in [0.05, 0.1) is 34.3 Å². The zero-order valence-electron chi connectivity index (χ0n) is 13.9. The molecular formula is C19H16BrClN2O3. The van der Waals surface area contributed by atoms with Crippen molar-refractivity contribution in [2.45, 2.75) is 18.4 Å². The Balaban J connectivity index is 1.90. The lowest BCUT2D eigenvalue weighted by Crippen LogP contribution is -2.30. The third-order valence-corrected chi connectivity index (χ3v) is 5.98. The normalized spacial score (nSPS) is 23.1. The molecule has 0 fully saturated rings. The van der Waals surface area contributed by atoms with E-state index in [-0.39, 0.29) is 28.5 Å². The second-order valence-electron chi connectivity index (χ2n) is 6.47. The highest BCUT2D eigenvalue weighted by molar-refractivity contribution is 9.10. The van der Waals surface area contributed by atoms with E-state index in [9.17, 15) is 10.1 Å². The monoisotopic (exact) mass is 434 g/mol. The molecule has 0 bridgehead atoms. The summed E-state index contributed by atoms with van der Waals surface area (Å²) in [7, 11) is 1.64. The number of hydrogen-bond donors (Lipinski definition) is 1. The molecule has 2 aromatic rings. The van der Waals surface area contributed by atoms with E-state index in [2.05, 4.69) is 33.4 Å². The largest absolute Gasteiger partial charge is 0.496 e. The first-order valence-corrected chi connectivity index (χ1v) is 9.41. The number of nitro groups is 1. The summed E-state index contributed by atoms with van der Waals surface area (Å²) in [5.41, 5.74) is 2.43. The average molecular weight is 436 g/mol. The van der Waals surface area contributed by atoms with Crippen molar-refractivity contribution >= 4 is 38.9 Å². The van der Waals surface area contributed by atoms with Gasteiger partial charge in [-0.2, -0.15) is 0 Å². The van der Waals surface area contributed by atoms with Gasteiger partial charge in [0.25, 0.3) is 5.69 Å². The average Bonchev–Trinajstić information content (AvgIpc) is 3.11. The number of methoxy groups -OCH3 is 1. The molecule has 26 heavy (non-hydrogen) atoms. The molecule has 0 spiro atoms. The number of hydrogen-bond acceptors (Lipinski definition) is 4. The molecule has 7 heteroatoms. The first kappa shape index (κ1) is 17.4. The fraction of sp³-hybridized carbons (Fsp3) is 0.263. The Morgan fingerprint density at radius 2 is 2.15 bits per heavy atom. The predicted octanol–water partition coefficient (Wildman–Crippen LogP) is 5.85. The van der Waals surface area contributed by atoms with Crippen molar-refractivity contribution in [3.8, 4) is 5.75 Å². The predicted molar refractivity (Wildman–Crippen MR) is 105 cm³/mol. The van der Waals surface area contributed by atoms with E-state index in [0.29, 0.717) is 16.3 Å². The number of anilines is 1. The second kappa shape index (κ2) is 6.59. The van der Waals surface area contributed by atoms with Crippen LogP contribution in [0.2, 0.25) is 5.02 Å². The maximum absolute atomic E-state index is 11.6. The van der Waals surface area contributed by atoms with Crippen LogP contribution < -0.4 is 10.1 Å². The number of allylic oxidation sites excluding steroid dienone is 2. The molecule has 3 atom stereocenters. The van der Waals surface area contributed by atoms with E-state index in [1.807, 2.05) is 18.2 Å². The molecule has 2 aromatic carbocycles. The summed E-state index contributed by atoms with van der Waals surface area (Å²) < 4.78 is 6.51. The van der Waals surface area contributed by atoms with Crippen LogP contribution in [0.1, 0.15) is 29.5 Å². The third kappa shape index (κ3) is 2.68. The Morgan fingerprint density at radius 3 is 2.88 bits per heavy atom. The van der Waals surface area contributed by atoms with Gasteiger partial charge < -0.3 is 10.1 Å². The molecule has 1 aliphatic carbocycles. The van der Waals surface area contributed by atoms with Gasteiger partial charge in [0.15, 0.2) is 0 Å². The first-order valence-electron chi connectivity index (χ1n) is 8.24. The SMILES string of the molecule is COc1ccc(Br)cc1[C@@H]1Nc2c(Cl)ccc([N+](=O)[O-])c2[C@H]2C=CC[C@H]21. The van der Waals surface area contributed by atoms with Crippen LogP contribution in [-0.4, -0.2) is 12.0 Å². The van der Waals surface area contributed by atoms with E-state index < -0.39 is 0 Å². The van der Waals surface area contributed by atoms with Gasteiger partial charge in [-0.3, -0.25) is 10.1 Å². The van der Waals surface area contributed by atoms with Crippen molar-refractivity contribution in [1.29, 1.82) is 0 Å². The van der Waals surface area contributed by atoms with Crippen LogP contribution in [0.3, 0.4) is 0 Å². The minimum Gasteiger partial charge on any atom is -0.496 e. The lowest BCUT2D eigenvalue weighted by Gasteiger charge is -2.38. The number of nitrogens with one attached hydrogen (secondary N) is 1. The molecule has 1 N–H and O–H groups in total. The number of rotatable bonds is 3. The molecular weight excluding hydrogens is 420 g/mol. The molecule has 0 saturated carbocycles. The van der Waals surface area contributed by atoms with Gasteiger partial charge >= 0.3 is 0 Å². The number of ether oxygens (including phenoxy) is 1. The highest BCUT2D eigenvalue weighted by Gasteiger charge is 2.43. The summed E-state index contributed by atoms with van der Waals surface area (Å²) >= 11 is 9.94. The molecule has 134 valence electrons. The van der Waals surface area contributed by atoms with Gasteiger partial charge in [-0.25, -0.2) is 0 Å². The smallest absolute Gasteiger partial charge is 0.275 e. The van der Waals surface area contributed by atoms with E-state index >= 15 is 0 Å². The van der Waals surface area contributed by atoms with Crippen molar-refractivity contribution in [1.82, 2.24) is 0 Å². The van der Waals surface area contributed by atoms with Gasteiger partial charge in [-0.15, -0.1) is 0 Å². The molecule has 4 rings (SSSR count). The van der Waals surface area contributed by atoms with Crippen molar-refractivity contribution < 1.29 is 9.66 Å². The van der Waals surface area contributed by atoms with Crippen LogP contribution in [0.25, 0.3) is 0 Å². The molecule has 0 amide bonds. The van der Waals surface area contributed by atoms with Crippen LogP contribution in [-0.2, 0) is 0 Å². The Morgan fingerprint density at radius 1 is 1.35 bits per heavy atom. The van der Waals surface area contributed by atoms with Crippen LogP contribution in [0.4, 0.5) is 11.4 Å². The highest BCUT2D eigenvalue weighted by atomic mass is 79.9.